The van der Waals surface area contributed by atoms with Crippen LogP contribution in [0.2, 0.25) is 10.0 Å². The molecule has 0 aliphatic carbocycles. The van der Waals surface area contributed by atoms with Gasteiger partial charge in [-0.05, 0) is 35.1 Å². The van der Waals surface area contributed by atoms with E-state index in [9.17, 15) is 0 Å². The molecule has 2 rings (SSSR count). The standard InChI is InChI=1S/C15H14BrCl2NO/c1-19-8-10-4-2-6-12(16)15(10)20-9-11-5-3-7-13(17)14(11)18/h2-7,19H,8-9H2,1H3. The van der Waals surface area contributed by atoms with Crippen LogP contribution in [0.5, 0.6) is 5.75 Å². The van der Waals surface area contributed by atoms with Crippen LogP contribution >= 0.6 is 39.1 Å². The number of hydrogen-bond donors (Lipinski definition) is 1. The summed E-state index contributed by atoms with van der Waals surface area (Å²) in [6, 6.07) is 11.5. The number of nitrogens with one attached hydrogen (secondary N) is 1. The molecule has 5 heteroatoms. The minimum absolute atomic E-state index is 0.374. The predicted octanol–water partition coefficient (Wildman–Crippen LogP) is 5.05. The van der Waals surface area contributed by atoms with Gasteiger partial charge in [-0.2, -0.15) is 0 Å². The molecule has 1 N–H and O–H groups in total. The van der Waals surface area contributed by atoms with Gasteiger partial charge in [0, 0.05) is 17.7 Å². The largest absolute Gasteiger partial charge is 0.487 e. The number of rotatable bonds is 5. The molecule has 0 aliphatic rings. The van der Waals surface area contributed by atoms with Gasteiger partial charge < -0.3 is 10.1 Å². The first-order valence-electron chi connectivity index (χ1n) is 6.11. The summed E-state index contributed by atoms with van der Waals surface area (Å²) in [4.78, 5) is 0. The lowest BCUT2D eigenvalue weighted by atomic mass is 10.2. The molecule has 2 aromatic carbocycles. The quantitative estimate of drug-likeness (QED) is 0.790. The number of halogens is 3. The van der Waals surface area contributed by atoms with E-state index >= 15 is 0 Å². The van der Waals surface area contributed by atoms with Gasteiger partial charge in [-0.1, -0.05) is 47.5 Å². The molecule has 0 fully saturated rings. The predicted molar refractivity (Wildman–Crippen MR) is 87.7 cm³/mol. The van der Waals surface area contributed by atoms with Gasteiger partial charge in [-0.15, -0.1) is 0 Å². The van der Waals surface area contributed by atoms with Gasteiger partial charge in [-0.3, -0.25) is 0 Å². The topological polar surface area (TPSA) is 21.3 Å². The van der Waals surface area contributed by atoms with Crippen molar-refractivity contribution < 1.29 is 4.74 Å². The maximum Gasteiger partial charge on any atom is 0.138 e. The normalized spacial score (nSPS) is 10.6. The third-order valence-corrected chi connectivity index (χ3v) is 4.30. The van der Waals surface area contributed by atoms with Gasteiger partial charge >= 0.3 is 0 Å². The first kappa shape index (κ1) is 15.6. The Labute approximate surface area is 137 Å². The summed E-state index contributed by atoms with van der Waals surface area (Å²) in [5.41, 5.74) is 1.95. The van der Waals surface area contributed by atoms with Crippen LogP contribution in [-0.4, -0.2) is 7.05 Å². The Morgan fingerprint density at radius 3 is 2.55 bits per heavy atom. The molecule has 0 aliphatic heterocycles. The Morgan fingerprint density at radius 2 is 1.80 bits per heavy atom. The second-order valence-corrected chi connectivity index (χ2v) is 5.90. The van der Waals surface area contributed by atoms with Gasteiger partial charge in [0.15, 0.2) is 0 Å². The van der Waals surface area contributed by atoms with E-state index in [-0.39, 0.29) is 0 Å². The fourth-order valence-corrected chi connectivity index (χ4v) is 2.75. The van der Waals surface area contributed by atoms with E-state index in [2.05, 4.69) is 21.2 Å². The highest BCUT2D eigenvalue weighted by atomic mass is 79.9. The van der Waals surface area contributed by atoms with Crippen molar-refractivity contribution in [1.29, 1.82) is 0 Å². The lowest BCUT2D eigenvalue weighted by Gasteiger charge is -2.14. The number of para-hydroxylation sites is 1. The minimum atomic E-state index is 0.374. The van der Waals surface area contributed by atoms with Crippen molar-refractivity contribution in [3.8, 4) is 5.75 Å². The van der Waals surface area contributed by atoms with Crippen molar-refractivity contribution in [2.75, 3.05) is 7.05 Å². The monoisotopic (exact) mass is 373 g/mol. The highest BCUT2D eigenvalue weighted by Crippen LogP contribution is 2.31. The Kier molecular flexibility index (Phi) is 5.73. The Bertz CT molecular complexity index is 604. The molecule has 0 unspecified atom stereocenters. The fraction of sp³-hybridized carbons (Fsp3) is 0.200. The van der Waals surface area contributed by atoms with Crippen LogP contribution in [0, 0.1) is 0 Å². The van der Waals surface area contributed by atoms with Crippen molar-refractivity contribution in [3.05, 3.63) is 62.0 Å². The highest BCUT2D eigenvalue weighted by Gasteiger charge is 2.10. The summed E-state index contributed by atoms with van der Waals surface area (Å²) < 4.78 is 6.83. The Morgan fingerprint density at radius 1 is 1.10 bits per heavy atom. The average Bonchev–Trinajstić information content (AvgIpc) is 2.43. The zero-order valence-corrected chi connectivity index (χ0v) is 14.0. The van der Waals surface area contributed by atoms with E-state index in [4.69, 9.17) is 27.9 Å². The second kappa shape index (κ2) is 7.32. The molecule has 0 amide bonds. The maximum atomic E-state index is 6.16. The van der Waals surface area contributed by atoms with Gasteiger partial charge in [0.1, 0.15) is 12.4 Å². The molecule has 106 valence electrons. The summed E-state index contributed by atoms with van der Waals surface area (Å²) in [5.74, 6) is 0.817. The molecule has 0 bridgehead atoms. The highest BCUT2D eigenvalue weighted by molar-refractivity contribution is 9.10. The molecule has 0 spiro atoms. The van der Waals surface area contributed by atoms with Gasteiger partial charge in [0.2, 0.25) is 0 Å². The molecular weight excluding hydrogens is 361 g/mol. The van der Waals surface area contributed by atoms with Crippen molar-refractivity contribution >= 4 is 39.1 Å². The summed E-state index contributed by atoms with van der Waals surface area (Å²) in [6.07, 6.45) is 0. The molecular formula is C15H14BrCl2NO. The van der Waals surface area contributed by atoms with E-state index < -0.39 is 0 Å². The summed E-state index contributed by atoms with van der Waals surface area (Å²) in [6.45, 7) is 1.11. The van der Waals surface area contributed by atoms with Crippen molar-refractivity contribution in [1.82, 2.24) is 5.32 Å². The average molecular weight is 375 g/mol. The first-order valence-corrected chi connectivity index (χ1v) is 7.66. The van der Waals surface area contributed by atoms with Crippen LogP contribution in [0.25, 0.3) is 0 Å². The molecule has 0 atom stereocenters. The number of ether oxygens (including phenoxy) is 1. The van der Waals surface area contributed by atoms with E-state index in [1.54, 1.807) is 6.07 Å². The van der Waals surface area contributed by atoms with Crippen molar-refractivity contribution in [2.24, 2.45) is 0 Å². The summed E-state index contributed by atoms with van der Waals surface area (Å²) in [7, 11) is 1.90. The van der Waals surface area contributed by atoms with E-state index in [1.165, 1.54) is 0 Å². The lowest BCUT2D eigenvalue weighted by Crippen LogP contribution is -2.08. The van der Waals surface area contributed by atoms with Crippen molar-refractivity contribution in [2.45, 2.75) is 13.2 Å². The lowest BCUT2D eigenvalue weighted by molar-refractivity contribution is 0.300. The maximum absolute atomic E-state index is 6.16. The SMILES string of the molecule is CNCc1cccc(Br)c1OCc1cccc(Cl)c1Cl. The fourth-order valence-electron chi connectivity index (χ4n) is 1.85. The zero-order chi connectivity index (χ0) is 14.5. The summed E-state index contributed by atoms with van der Waals surface area (Å²) in [5, 5.41) is 4.20. The van der Waals surface area contributed by atoms with Crippen molar-refractivity contribution in [3.63, 3.8) is 0 Å². The summed E-state index contributed by atoms with van der Waals surface area (Å²) >= 11 is 15.7. The Balaban J connectivity index is 2.20. The van der Waals surface area contributed by atoms with Crippen LogP contribution in [-0.2, 0) is 13.2 Å². The molecule has 0 heterocycles. The molecule has 2 aromatic rings. The number of benzene rings is 2. The van der Waals surface area contributed by atoms with Crippen LogP contribution in [0.15, 0.2) is 40.9 Å². The van der Waals surface area contributed by atoms with E-state index in [1.807, 2.05) is 37.4 Å². The Hall–Kier alpha value is -0.740. The third kappa shape index (κ3) is 3.67. The first-order chi connectivity index (χ1) is 9.63. The van der Waals surface area contributed by atoms with Crippen LogP contribution < -0.4 is 10.1 Å². The van der Waals surface area contributed by atoms with Gasteiger partial charge in [0.25, 0.3) is 0 Å². The number of hydrogen-bond acceptors (Lipinski definition) is 2. The van der Waals surface area contributed by atoms with Gasteiger partial charge in [-0.25, -0.2) is 0 Å². The third-order valence-electron chi connectivity index (χ3n) is 2.82. The molecule has 0 saturated carbocycles. The van der Waals surface area contributed by atoms with Crippen LogP contribution in [0.1, 0.15) is 11.1 Å². The molecule has 2 nitrogen and oxygen atoms in total. The van der Waals surface area contributed by atoms with Crippen LogP contribution in [0.4, 0.5) is 0 Å². The minimum Gasteiger partial charge on any atom is -0.487 e. The zero-order valence-electron chi connectivity index (χ0n) is 10.9. The van der Waals surface area contributed by atoms with E-state index in [0.29, 0.717) is 16.7 Å². The molecule has 0 saturated heterocycles. The molecule has 0 aromatic heterocycles. The molecule has 0 radical (unpaired) electrons. The van der Waals surface area contributed by atoms with E-state index in [0.717, 1.165) is 27.9 Å². The van der Waals surface area contributed by atoms with Crippen LogP contribution in [0.3, 0.4) is 0 Å². The molecule has 20 heavy (non-hydrogen) atoms. The van der Waals surface area contributed by atoms with Gasteiger partial charge in [0.05, 0.1) is 14.5 Å². The second-order valence-electron chi connectivity index (χ2n) is 4.26. The smallest absolute Gasteiger partial charge is 0.138 e.